The Morgan fingerprint density at radius 1 is 1.14 bits per heavy atom. The van der Waals surface area contributed by atoms with E-state index in [9.17, 15) is 9.59 Å². The van der Waals surface area contributed by atoms with Crippen molar-refractivity contribution in [3.63, 3.8) is 0 Å². The lowest BCUT2D eigenvalue weighted by atomic mass is 9.69. The van der Waals surface area contributed by atoms with Crippen LogP contribution in [0.15, 0.2) is 54.6 Å². The zero-order valence-electron chi connectivity index (χ0n) is 25.1. The highest BCUT2D eigenvalue weighted by Crippen LogP contribution is 2.50. The maximum absolute atomic E-state index is 14.2. The first-order valence-electron chi connectivity index (χ1n) is 14.8. The van der Waals surface area contributed by atoms with Gasteiger partial charge in [0.2, 0.25) is 0 Å². The van der Waals surface area contributed by atoms with Crippen LogP contribution in [0, 0.1) is 6.92 Å². The lowest BCUT2D eigenvalue weighted by molar-refractivity contribution is -0.124. The predicted octanol–water partition coefficient (Wildman–Crippen LogP) is 5.32. The van der Waals surface area contributed by atoms with Gasteiger partial charge in [-0.2, -0.15) is 0 Å². The monoisotopic (exact) mass is 597 g/mol. The number of ether oxygens (including phenoxy) is 1. The number of nitrogen functional groups attached to an aromatic ring is 1. The van der Waals surface area contributed by atoms with Gasteiger partial charge in [0.1, 0.15) is 17.0 Å². The Labute approximate surface area is 256 Å². The van der Waals surface area contributed by atoms with E-state index in [1.807, 2.05) is 43.3 Å². The number of carbonyl (C=O) groups excluding carboxylic acids is 2. The first-order valence-corrected chi connectivity index (χ1v) is 15.6. The van der Waals surface area contributed by atoms with Gasteiger partial charge in [-0.25, -0.2) is 0 Å². The molecule has 4 aromatic rings. The summed E-state index contributed by atoms with van der Waals surface area (Å²) in [5, 5.41) is 3.88. The third-order valence-electron chi connectivity index (χ3n) is 8.87. The maximum Gasteiger partial charge on any atom is 0.262 e. The van der Waals surface area contributed by atoms with Gasteiger partial charge in [0, 0.05) is 29.2 Å². The molecule has 0 spiro atoms. The third kappa shape index (κ3) is 4.90. The number of hydrogen-bond acceptors (Lipinski definition) is 8. The number of para-hydroxylation sites is 1. The van der Waals surface area contributed by atoms with E-state index in [1.54, 1.807) is 12.1 Å². The van der Waals surface area contributed by atoms with Crippen LogP contribution >= 0.6 is 11.3 Å². The maximum atomic E-state index is 14.2. The molecular weight excluding hydrogens is 558 g/mol. The molecule has 1 aliphatic carbocycles. The molecule has 2 aliphatic rings. The van der Waals surface area contributed by atoms with E-state index in [4.69, 9.17) is 21.9 Å². The SMILES string of the molecule is Cc1cc(Oc2ccccc2C(C)C)ccc1C1(N)C(=O)C(N)c2c(C(=O)NC3CCCN(C)C3)sc3c(N)ccc1c23. The van der Waals surface area contributed by atoms with Gasteiger partial charge in [-0.05, 0) is 85.8 Å². The Morgan fingerprint density at radius 3 is 2.60 bits per heavy atom. The summed E-state index contributed by atoms with van der Waals surface area (Å²) < 4.78 is 7.01. The van der Waals surface area contributed by atoms with Crippen molar-refractivity contribution in [2.24, 2.45) is 11.5 Å². The molecule has 1 fully saturated rings. The first-order chi connectivity index (χ1) is 20.5. The average molecular weight is 598 g/mol. The molecule has 1 aromatic heterocycles. The lowest BCUT2D eigenvalue weighted by Crippen LogP contribution is -2.53. The number of carbonyl (C=O) groups is 2. The summed E-state index contributed by atoms with van der Waals surface area (Å²) in [6.07, 6.45) is 1.92. The van der Waals surface area contributed by atoms with Crippen molar-refractivity contribution in [3.05, 3.63) is 87.3 Å². The Morgan fingerprint density at radius 2 is 1.88 bits per heavy atom. The fourth-order valence-electron chi connectivity index (χ4n) is 6.68. The van der Waals surface area contributed by atoms with E-state index in [2.05, 4.69) is 37.2 Å². The number of ketones is 1. The van der Waals surface area contributed by atoms with Crippen molar-refractivity contribution in [3.8, 4) is 11.5 Å². The third-order valence-corrected chi connectivity index (χ3v) is 10.1. The van der Waals surface area contributed by atoms with Gasteiger partial charge >= 0.3 is 0 Å². The van der Waals surface area contributed by atoms with Gasteiger partial charge in [-0.1, -0.05) is 44.2 Å². The molecule has 1 amide bonds. The zero-order chi connectivity index (χ0) is 30.6. The molecule has 1 saturated heterocycles. The van der Waals surface area contributed by atoms with E-state index in [-0.39, 0.29) is 17.7 Å². The number of nitrogens with zero attached hydrogens (tertiary/aromatic N) is 1. The summed E-state index contributed by atoms with van der Waals surface area (Å²) in [5.41, 5.74) is 22.9. The van der Waals surface area contributed by atoms with E-state index in [0.29, 0.717) is 44.3 Å². The Kier molecular flexibility index (Phi) is 7.54. The Balaban J connectivity index is 1.41. The molecule has 0 bridgehead atoms. The molecule has 7 N–H and O–H groups in total. The van der Waals surface area contributed by atoms with Gasteiger partial charge in [0.15, 0.2) is 5.78 Å². The quantitative estimate of drug-likeness (QED) is 0.221. The molecule has 43 heavy (non-hydrogen) atoms. The van der Waals surface area contributed by atoms with Crippen LogP contribution in [0.25, 0.3) is 10.1 Å². The number of piperidine rings is 1. The molecular formula is C34H39N5O3S. The smallest absolute Gasteiger partial charge is 0.262 e. The van der Waals surface area contributed by atoms with E-state index < -0.39 is 11.6 Å². The van der Waals surface area contributed by atoms with Gasteiger partial charge in [0.05, 0.1) is 15.6 Å². The summed E-state index contributed by atoms with van der Waals surface area (Å²) in [7, 11) is 2.05. The van der Waals surface area contributed by atoms with E-state index >= 15 is 0 Å². The Hall–Kier alpha value is -3.76. The highest BCUT2D eigenvalue weighted by molar-refractivity contribution is 7.21. The van der Waals surface area contributed by atoms with Gasteiger partial charge < -0.3 is 32.2 Å². The number of likely N-dealkylation sites (tertiary alicyclic amines) is 1. The fourth-order valence-corrected chi connectivity index (χ4v) is 7.88. The second kappa shape index (κ2) is 11.1. The second-order valence-electron chi connectivity index (χ2n) is 12.2. The summed E-state index contributed by atoms with van der Waals surface area (Å²) in [4.78, 5) is 30.5. The Bertz CT molecular complexity index is 1750. The number of anilines is 1. The molecule has 2 heterocycles. The topological polar surface area (TPSA) is 137 Å². The highest BCUT2D eigenvalue weighted by Gasteiger charge is 2.49. The van der Waals surface area contributed by atoms with Crippen LogP contribution in [0.3, 0.4) is 0 Å². The molecule has 9 heteroatoms. The number of hydrogen-bond donors (Lipinski definition) is 4. The van der Waals surface area contributed by atoms with Crippen molar-refractivity contribution >= 4 is 38.8 Å². The molecule has 0 saturated carbocycles. The summed E-state index contributed by atoms with van der Waals surface area (Å²) in [5.74, 6) is 1.15. The number of thiophene rings is 1. The fraction of sp³-hybridized carbons (Fsp3) is 0.353. The number of amides is 1. The lowest BCUT2D eigenvalue weighted by Gasteiger charge is -2.37. The minimum Gasteiger partial charge on any atom is -0.457 e. The molecule has 3 aromatic carbocycles. The summed E-state index contributed by atoms with van der Waals surface area (Å²) >= 11 is 1.28. The van der Waals surface area contributed by atoms with Crippen LogP contribution in [0.1, 0.15) is 76.1 Å². The molecule has 3 unspecified atom stereocenters. The highest BCUT2D eigenvalue weighted by atomic mass is 32.1. The normalized spacial score (nSPS) is 22.3. The number of rotatable bonds is 6. The van der Waals surface area contributed by atoms with Crippen molar-refractivity contribution in [1.29, 1.82) is 0 Å². The van der Waals surface area contributed by atoms with Crippen molar-refractivity contribution in [2.45, 2.75) is 57.2 Å². The van der Waals surface area contributed by atoms with E-state index in [1.165, 1.54) is 11.3 Å². The molecule has 3 atom stereocenters. The van der Waals surface area contributed by atoms with Crippen LogP contribution in [0.2, 0.25) is 0 Å². The standard InChI is InChI=1S/C34H39N5O3S/c1-18(2)22-9-5-6-10-26(22)42-21-11-12-23(19(3)16-21)34(37)24-13-14-25(35)30-27(24)28(29(36)32(34)40)31(43-30)33(41)38-20-8-7-15-39(4)17-20/h5-6,9-14,16,18,20,29H,7-8,15,17,35-37H2,1-4H3,(H,38,41). The van der Waals surface area contributed by atoms with E-state index in [0.717, 1.165) is 47.5 Å². The number of nitrogens with one attached hydrogen (secondary N) is 1. The number of Topliss-reactive ketones (excluding diaryl/α,β-unsaturated/α-hetero) is 1. The largest absolute Gasteiger partial charge is 0.457 e. The molecule has 6 rings (SSSR count). The predicted molar refractivity (Wildman–Crippen MR) is 173 cm³/mol. The molecule has 8 nitrogen and oxygen atoms in total. The summed E-state index contributed by atoms with van der Waals surface area (Å²) in [6, 6.07) is 16.1. The molecule has 1 aliphatic heterocycles. The number of aryl methyl sites for hydroxylation is 1. The van der Waals surface area contributed by atoms with Crippen LogP contribution < -0.4 is 27.3 Å². The minimum atomic E-state index is -1.53. The van der Waals surface area contributed by atoms with Crippen molar-refractivity contribution < 1.29 is 14.3 Å². The van der Waals surface area contributed by atoms with Gasteiger partial charge in [-0.3, -0.25) is 9.59 Å². The second-order valence-corrected chi connectivity index (χ2v) is 13.3. The summed E-state index contributed by atoms with van der Waals surface area (Å²) in [6.45, 7) is 7.96. The number of nitrogens with two attached hydrogens (primary N) is 3. The van der Waals surface area contributed by atoms with Gasteiger partial charge in [-0.15, -0.1) is 11.3 Å². The van der Waals surface area contributed by atoms with Crippen LogP contribution in [0.5, 0.6) is 11.5 Å². The van der Waals surface area contributed by atoms with Crippen molar-refractivity contribution in [2.75, 3.05) is 25.9 Å². The van der Waals surface area contributed by atoms with Crippen LogP contribution in [-0.4, -0.2) is 42.8 Å². The van der Waals surface area contributed by atoms with Gasteiger partial charge in [0.25, 0.3) is 5.91 Å². The zero-order valence-corrected chi connectivity index (χ0v) is 25.9. The minimum absolute atomic E-state index is 0.0282. The average Bonchev–Trinajstić information content (AvgIpc) is 3.38. The first kappa shape index (κ1) is 29.3. The van der Waals surface area contributed by atoms with Crippen molar-refractivity contribution in [1.82, 2.24) is 10.2 Å². The molecule has 224 valence electrons. The van der Waals surface area contributed by atoms with Crippen LogP contribution in [-0.2, 0) is 10.3 Å². The van der Waals surface area contributed by atoms with Crippen LogP contribution in [0.4, 0.5) is 5.69 Å². The number of likely N-dealkylation sites (N-methyl/N-ethyl adjacent to an activating group) is 1. The number of benzene rings is 3. The molecule has 0 radical (unpaired) electrons.